The molecule has 0 bridgehead atoms. The van der Waals surface area contributed by atoms with Gasteiger partial charge in [-0.3, -0.25) is 10.2 Å². The van der Waals surface area contributed by atoms with Gasteiger partial charge in [0.15, 0.2) is 5.78 Å². The van der Waals surface area contributed by atoms with Crippen molar-refractivity contribution in [2.24, 2.45) is 4.99 Å². The summed E-state index contributed by atoms with van der Waals surface area (Å²) in [6, 6.07) is 6.92. The second-order valence-electron chi connectivity index (χ2n) is 7.68. The van der Waals surface area contributed by atoms with Gasteiger partial charge in [0, 0.05) is 17.8 Å². The Morgan fingerprint density at radius 1 is 1.28 bits per heavy atom. The van der Waals surface area contributed by atoms with Gasteiger partial charge in [-0.2, -0.15) is 13.2 Å². The van der Waals surface area contributed by atoms with Crippen LogP contribution in [0.5, 0.6) is 0 Å². The second kappa shape index (κ2) is 10.3. The molecule has 2 aromatic rings. The Kier molecular flexibility index (Phi) is 7.69. The Bertz CT molecular complexity index is 1040. The number of aromatic nitrogens is 1. The number of amidine groups is 1. The number of aromatic amines is 1. The van der Waals surface area contributed by atoms with E-state index in [4.69, 9.17) is 17.0 Å². The number of ketones is 1. The molecule has 1 aliphatic heterocycles. The maximum absolute atomic E-state index is 13.3. The molecule has 1 aromatic carbocycles. The molecule has 1 unspecified atom stereocenters. The van der Waals surface area contributed by atoms with Crippen LogP contribution in [-0.2, 0) is 6.18 Å². The number of alkyl halides is 3. The van der Waals surface area contributed by atoms with Gasteiger partial charge in [-0.05, 0) is 68.6 Å². The lowest BCUT2D eigenvalue weighted by atomic mass is 9.92. The highest BCUT2D eigenvalue weighted by molar-refractivity contribution is 6.35. The van der Waals surface area contributed by atoms with Crippen molar-refractivity contribution in [3.63, 3.8) is 0 Å². The van der Waals surface area contributed by atoms with E-state index >= 15 is 0 Å². The molecule has 1 saturated heterocycles. The molecule has 1 aliphatic rings. The third kappa shape index (κ3) is 5.95. The molecule has 1 fully saturated rings. The highest BCUT2D eigenvalue weighted by atomic mass is 35.5. The fourth-order valence-electron chi connectivity index (χ4n) is 3.72. The van der Waals surface area contributed by atoms with Crippen molar-refractivity contribution in [3.8, 4) is 0 Å². The van der Waals surface area contributed by atoms with Crippen LogP contribution in [0.3, 0.4) is 0 Å². The normalized spacial score (nSPS) is 18.0. The molecule has 0 saturated carbocycles. The zero-order valence-electron chi connectivity index (χ0n) is 17.5. The highest BCUT2D eigenvalue weighted by Crippen LogP contribution is 2.36. The minimum Gasteiger partial charge on any atom is -0.360 e. The first-order valence-corrected chi connectivity index (χ1v) is 10.7. The maximum atomic E-state index is 13.3. The van der Waals surface area contributed by atoms with Crippen molar-refractivity contribution in [1.29, 1.82) is 5.41 Å². The summed E-state index contributed by atoms with van der Waals surface area (Å²) in [4.78, 5) is 20.4. The molecule has 0 amide bonds. The third-order valence-electron chi connectivity index (χ3n) is 5.19. The van der Waals surface area contributed by atoms with Gasteiger partial charge in [0.25, 0.3) is 0 Å². The van der Waals surface area contributed by atoms with Crippen LogP contribution < -0.4 is 5.32 Å². The summed E-state index contributed by atoms with van der Waals surface area (Å²) in [5, 5.41) is 10.6. The van der Waals surface area contributed by atoms with Gasteiger partial charge in [0.05, 0.1) is 22.0 Å². The number of halogens is 4. The SMILES string of the molecule is CC(=N)/N=C(\C(=C\C(=O)c1cccc(C(F)(F)F)c1Cl)CC1CCCCN1)c1ccc[nH]1. The van der Waals surface area contributed by atoms with Crippen LogP contribution in [0.25, 0.3) is 0 Å². The lowest BCUT2D eigenvalue weighted by Gasteiger charge is -2.25. The van der Waals surface area contributed by atoms with Crippen molar-refractivity contribution in [3.05, 3.63) is 70.0 Å². The number of hydrogen-bond donors (Lipinski definition) is 3. The lowest BCUT2D eigenvalue weighted by molar-refractivity contribution is -0.137. The Labute approximate surface area is 189 Å². The average Bonchev–Trinajstić information content (AvgIpc) is 3.26. The molecule has 9 heteroatoms. The highest BCUT2D eigenvalue weighted by Gasteiger charge is 2.34. The number of nitrogens with one attached hydrogen (secondary N) is 3. The van der Waals surface area contributed by atoms with Crippen LogP contribution in [0.1, 0.15) is 54.2 Å². The number of aliphatic imine (C=N–C) groups is 1. The summed E-state index contributed by atoms with van der Waals surface area (Å²) >= 11 is 5.97. The topological polar surface area (TPSA) is 81.1 Å². The van der Waals surface area contributed by atoms with Gasteiger partial charge in [0.2, 0.25) is 0 Å². The van der Waals surface area contributed by atoms with Crippen LogP contribution in [-0.4, -0.2) is 34.9 Å². The molecule has 0 radical (unpaired) electrons. The summed E-state index contributed by atoms with van der Waals surface area (Å²) in [6.45, 7) is 2.37. The zero-order chi connectivity index (χ0) is 23.3. The number of piperidine rings is 1. The molecule has 5 nitrogen and oxygen atoms in total. The number of nitrogens with zero attached hydrogens (tertiary/aromatic N) is 1. The molecule has 3 rings (SSSR count). The molecular formula is C23H24ClF3N4O. The van der Waals surface area contributed by atoms with Crippen LogP contribution in [0, 0.1) is 5.41 Å². The van der Waals surface area contributed by atoms with Crippen molar-refractivity contribution in [2.75, 3.05) is 6.54 Å². The summed E-state index contributed by atoms with van der Waals surface area (Å²) in [7, 11) is 0. The quantitative estimate of drug-likeness (QED) is 0.218. The number of carbonyl (C=O) groups is 1. The molecule has 0 spiro atoms. The van der Waals surface area contributed by atoms with E-state index in [9.17, 15) is 18.0 Å². The first-order valence-electron chi connectivity index (χ1n) is 10.3. The van der Waals surface area contributed by atoms with Crippen LogP contribution in [0.2, 0.25) is 5.02 Å². The molecule has 0 aliphatic carbocycles. The number of allylic oxidation sites excluding steroid dienone is 1. The maximum Gasteiger partial charge on any atom is 0.417 e. The standard InChI is InChI=1S/C23H24ClF3N4O/c1-14(28)31-22(19-9-5-11-30-19)15(12-16-6-2-3-10-29-16)13-20(32)17-7-4-8-18(21(17)24)23(25,26)27/h4-5,7-9,11,13,16,28-30H,2-3,6,10,12H2,1H3/b15-13+,28-14?,31-22+. The number of benzene rings is 1. The van der Waals surface area contributed by atoms with E-state index in [0.29, 0.717) is 23.4 Å². The Balaban J connectivity index is 2.06. The predicted octanol–water partition coefficient (Wildman–Crippen LogP) is 5.81. The van der Waals surface area contributed by atoms with Gasteiger partial charge >= 0.3 is 6.18 Å². The Hall–Kier alpha value is -2.71. The summed E-state index contributed by atoms with van der Waals surface area (Å²) in [5.74, 6) is -0.601. The molecule has 1 atom stereocenters. The summed E-state index contributed by atoms with van der Waals surface area (Å²) in [5.41, 5.74) is 0.264. The minimum atomic E-state index is -4.67. The van der Waals surface area contributed by atoms with Gasteiger partial charge < -0.3 is 10.3 Å². The smallest absolute Gasteiger partial charge is 0.360 e. The molecule has 170 valence electrons. The fourth-order valence-corrected chi connectivity index (χ4v) is 4.04. The molecule has 32 heavy (non-hydrogen) atoms. The number of H-pyrrole nitrogens is 1. The van der Waals surface area contributed by atoms with E-state index in [0.717, 1.165) is 31.9 Å². The average molecular weight is 465 g/mol. The van der Waals surface area contributed by atoms with Gasteiger partial charge in [0.1, 0.15) is 5.84 Å². The van der Waals surface area contributed by atoms with E-state index < -0.39 is 22.5 Å². The van der Waals surface area contributed by atoms with Gasteiger partial charge in [-0.25, -0.2) is 4.99 Å². The first-order chi connectivity index (χ1) is 15.2. The molecule has 3 N–H and O–H groups in total. The zero-order valence-corrected chi connectivity index (χ0v) is 18.3. The van der Waals surface area contributed by atoms with E-state index in [1.54, 1.807) is 18.3 Å². The minimum absolute atomic E-state index is 0.0432. The van der Waals surface area contributed by atoms with Crippen LogP contribution in [0.4, 0.5) is 13.2 Å². The number of carbonyl (C=O) groups excluding carboxylic acids is 1. The number of hydrogen-bond acceptors (Lipinski definition) is 3. The van der Waals surface area contributed by atoms with Crippen molar-refractivity contribution < 1.29 is 18.0 Å². The van der Waals surface area contributed by atoms with E-state index in [1.165, 1.54) is 25.1 Å². The fraction of sp³-hybridized carbons (Fsp3) is 0.348. The van der Waals surface area contributed by atoms with Crippen LogP contribution >= 0.6 is 11.6 Å². The second-order valence-corrected chi connectivity index (χ2v) is 8.06. The number of rotatable bonds is 6. The molecular weight excluding hydrogens is 441 g/mol. The Morgan fingerprint density at radius 2 is 2.06 bits per heavy atom. The monoisotopic (exact) mass is 464 g/mol. The van der Waals surface area contributed by atoms with Gasteiger partial charge in [-0.15, -0.1) is 0 Å². The van der Waals surface area contributed by atoms with Crippen molar-refractivity contribution in [1.82, 2.24) is 10.3 Å². The van der Waals surface area contributed by atoms with Crippen molar-refractivity contribution in [2.45, 2.75) is 44.8 Å². The van der Waals surface area contributed by atoms with Gasteiger partial charge in [-0.1, -0.05) is 24.1 Å². The Morgan fingerprint density at radius 3 is 2.66 bits per heavy atom. The van der Waals surface area contributed by atoms with E-state index in [1.807, 2.05) is 0 Å². The molecule has 2 heterocycles. The summed E-state index contributed by atoms with van der Waals surface area (Å²) in [6.07, 6.45) is 1.76. The largest absolute Gasteiger partial charge is 0.417 e. The summed E-state index contributed by atoms with van der Waals surface area (Å²) < 4.78 is 39.8. The molecule has 1 aromatic heterocycles. The van der Waals surface area contributed by atoms with E-state index in [2.05, 4.69) is 15.3 Å². The van der Waals surface area contributed by atoms with Crippen molar-refractivity contribution >= 4 is 28.9 Å². The lowest BCUT2D eigenvalue weighted by Crippen LogP contribution is -2.35. The third-order valence-corrected chi connectivity index (χ3v) is 5.60. The van der Waals surface area contributed by atoms with Crippen LogP contribution in [0.15, 0.2) is 53.2 Å². The van der Waals surface area contributed by atoms with E-state index in [-0.39, 0.29) is 17.4 Å². The predicted molar refractivity (Wildman–Crippen MR) is 120 cm³/mol. The first kappa shape index (κ1) is 23.9.